The van der Waals surface area contributed by atoms with Gasteiger partial charge in [-0.3, -0.25) is 14.3 Å². The highest BCUT2D eigenvalue weighted by Gasteiger charge is 2.23. The Morgan fingerprint density at radius 3 is 2.50 bits per heavy atom. The van der Waals surface area contributed by atoms with E-state index in [0.717, 1.165) is 37.6 Å². The van der Waals surface area contributed by atoms with Crippen molar-refractivity contribution in [2.24, 2.45) is 7.05 Å². The van der Waals surface area contributed by atoms with Crippen LogP contribution in [-0.4, -0.2) is 36.1 Å². The number of aromatic nitrogens is 4. The molecule has 3 heterocycles. The van der Waals surface area contributed by atoms with Gasteiger partial charge in [0.2, 0.25) is 0 Å². The fraction of sp³-hybridized carbons (Fsp3) is 0.455. The van der Waals surface area contributed by atoms with Gasteiger partial charge in [0.25, 0.3) is 0 Å². The molecule has 6 heteroatoms. The van der Waals surface area contributed by atoms with Gasteiger partial charge in [0.15, 0.2) is 0 Å². The van der Waals surface area contributed by atoms with E-state index in [-0.39, 0.29) is 5.41 Å². The van der Waals surface area contributed by atoms with E-state index in [1.54, 1.807) is 10.9 Å². The van der Waals surface area contributed by atoms with E-state index in [0.29, 0.717) is 5.69 Å². The predicted molar refractivity (Wildman–Crippen MR) is 109 cm³/mol. The zero-order chi connectivity index (χ0) is 19.9. The number of aliphatic hydroxyl groups is 1. The Morgan fingerprint density at radius 2 is 1.86 bits per heavy atom. The maximum atomic E-state index is 10.7. The third-order valence-electron chi connectivity index (χ3n) is 5.54. The quantitative estimate of drug-likeness (QED) is 0.757. The van der Waals surface area contributed by atoms with E-state index < -0.39 is 6.10 Å². The normalized spacial score (nSPS) is 16.2. The minimum Gasteiger partial charge on any atom is -0.380 e. The van der Waals surface area contributed by atoms with Gasteiger partial charge < -0.3 is 5.11 Å². The standard InChI is InChI=1S/C22H29N5O/c1-22(2,3)17-7-5-16(6-8-17)14-26-11-12-27-18(15-26)13-19(24-27)21(28)20-9-10-23-25(20)4/h5-10,13,21,28H,11-12,14-15H2,1-4H3/t21-/m1/s1. The molecule has 0 amide bonds. The topological polar surface area (TPSA) is 59.1 Å². The van der Waals surface area contributed by atoms with Gasteiger partial charge in [0.1, 0.15) is 6.10 Å². The summed E-state index contributed by atoms with van der Waals surface area (Å²) >= 11 is 0. The van der Waals surface area contributed by atoms with E-state index in [2.05, 4.69) is 60.1 Å². The average molecular weight is 380 g/mol. The Hall–Kier alpha value is -2.44. The van der Waals surface area contributed by atoms with Crippen molar-refractivity contribution in [2.45, 2.75) is 51.9 Å². The number of aliphatic hydroxyl groups excluding tert-OH is 1. The number of aryl methyl sites for hydroxylation is 1. The lowest BCUT2D eigenvalue weighted by Crippen LogP contribution is -2.33. The van der Waals surface area contributed by atoms with E-state index in [1.165, 1.54) is 11.1 Å². The van der Waals surface area contributed by atoms with Crippen molar-refractivity contribution in [1.29, 1.82) is 0 Å². The van der Waals surface area contributed by atoms with Crippen LogP contribution in [0.5, 0.6) is 0 Å². The van der Waals surface area contributed by atoms with Crippen molar-refractivity contribution in [3.8, 4) is 0 Å². The van der Waals surface area contributed by atoms with Gasteiger partial charge in [0.05, 0.1) is 23.6 Å². The highest BCUT2D eigenvalue weighted by molar-refractivity contribution is 5.28. The number of rotatable bonds is 4. The van der Waals surface area contributed by atoms with Crippen molar-refractivity contribution >= 4 is 0 Å². The van der Waals surface area contributed by atoms with Crippen molar-refractivity contribution in [3.63, 3.8) is 0 Å². The highest BCUT2D eigenvalue weighted by Crippen LogP contribution is 2.25. The molecule has 0 bridgehead atoms. The van der Waals surface area contributed by atoms with Crippen LogP contribution < -0.4 is 0 Å². The monoisotopic (exact) mass is 379 g/mol. The molecule has 0 saturated carbocycles. The number of hydrogen-bond donors (Lipinski definition) is 1. The van der Waals surface area contributed by atoms with Crippen molar-refractivity contribution in [1.82, 2.24) is 24.5 Å². The van der Waals surface area contributed by atoms with Gasteiger partial charge in [0, 0.05) is 32.9 Å². The van der Waals surface area contributed by atoms with Crippen molar-refractivity contribution in [3.05, 3.63) is 70.8 Å². The van der Waals surface area contributed by atoms with Crippen LogP contribution in [0.1, 0.15) is 55.1 Å². The largest absolute Gasteiger partial charge is 0.380 e. The molecule has 0 fully saturated rings. The summed E-state index contributed by atoms with van der Waals surface area (Å²) < 4.78 is 3.71. The van der Waals surface area contributed by atoms with Crippen LogP contribution in [0.15, 0.2) is 42.6 Å². The van der Waals surface area contributed by atoms with Crippen LogP contribution in [0, 0.1) is 0 Å². The third kappa shape index (κ3) is 3.75. The molecule has 0 radical (unpaired) electrons. The van der Waals surface area contributed by atoms with Crippen molar-refractivity contribution < 1.29 is 5.11 Å². The second-order valence-corrected chi connectivity index (χ2v) is 8.72. The molecule has 1 N–H and O–H groups in total. The van der Waals surface area contributed by atoms with Crippen LogP contribution in [-0.2, 0) is 32.1 Å². The Bertz CT molecular complexity index is 948. The Morgan fingerprint density at radius 1 is 1.11 bits per heavy atom. The lowest BCUT2D eigenvalue weighted by atomic mass is 9.87. The molecule has 1 aromatic carbocycles. The first kappa shape index (κ1) is 18.9. The summed E-state index contributed by atoms with van der Waals surface area (Å²) in [5.74, 6) is 0. The summed E-state index contributed by atoms with van der Waals surface area (Å²) in [6.45, 7) is 10.3. The number of nitrogens with zero attached hydrogens (tertiary/aromatic N) is 5. The first-order valence-electron chi connectivity index (χ1n) is 9.85. The van der Waals surface area contributed by atoms with Gasteiger partial charge in [-0.2, -0.15) is 10.2 Å². The zero-order valence-corrected chi connectivity index (χ0v) is 17.1. The Kier molecular flexibility index (Phi) is 4.85. The zero-order valence-electron chi connectivity index (χ0n) is 17.1. The summed E-state index contributed by atoms with van der Waals surface area (Å²) in [5, 5.41) is 19.4. The smallest absolute Gasteiger partial charge is 0.139 e. The number of benzene rings is 1. The average Bonchev–Trinajstić information content (AvgIpc) is 3.26. The van der Waals surface area contributed by atoms with E-state index in [1.807, 2.05) is 23.9 Å². The molecule has 1 aliphatic heterocycles. The molecule has 4 rings (SSSR count). The third-order valence-corrected chi connectivity index (χ3v) is 5.54. The predicted octanol–water partition coefficient (Wildman–Crippen LogP) is 3.01. The van der Waals surface area contributed by atoms with E-state index in [9.17, 15) is 5.11 Å². The Balaban J connectivity index is 1.45. The van der Waals surface area contributed by atoms with Gasteiger partial charge >= 0.3 is 0 Å². The van der Waals surface area contributed by atoms with Crippen molar-refractivity contribution in [2.75, 3.05) is 6.54 Å². The molecular weight excluding hydrogens is 350 g/mol. The lowest BCUT2D eigenvalue weighted by molar-refractivity contribution is 0.196. The molecule has 2 aromatic heterocycles. The van der Waals surface area contributed by atoms with Crippen LogP contribution >= 0.6 is 0 Å². The minimum atomic E-state index is -0.746. The summed E-state index contributed by atoms with van der Waals surface area (Å²) in [6, 6.07) is 12.8. The first-order chi connectivity index (χ1) is 13.3. The second kappa shape index (κ2) is 7.18. The molecule has 3 aromatic rings. The molecule has 1 aliphatic rings. The lowest BCUT2D eigenvalue weighted by Gasteiger charge is -2.28. The molecule has 6 nitrogen and oxygen atoms in total. The summed E-state index contributed by atoms with van der Waals surface area (Å²) in [4.78, 5) is 2.43. The summed E-state index contributed by atoms with van der Waals surface area (Å²) in [6.07, 6.45) is 0.949. The van der Waals surface area contributed by atoms with Gasteiger partial charge in [-0.05, 0) is 28.7 Å². The number of hydrogen-bond acceptors (Lipinski definition) is 4. The number of fused-ring (bicyclic) bond motifs is 1. The fourth-order valence-corrected chi connectivity index (χ4v) is 3.78. The maximum absolute atomic E-state index is 10.7. The van der Waals surface area contributed by atoms with Gasteiger partial charge in [-0.1, -0.05) is 45.0 Å². The summed E-state index contributed by atoms with van der Waals surface area (Å²) in [5.41, 5.74) is 5.47. The highest BCUT2D eigenvalue weighted by atomic mass is 16.3. The van der Waals surface area contributed by atoms with Crippen LogP contribution in [0.25, 0.3) is 0 Å². The summed E-state index contributed by atoms with van der Waals surface area (Å²) in [7, 11) is 1.83. The van der Waals surface area contributed by atoms with Crippen LogP contribution in [0.4, 0.5) is 0 Å². The molecule has 0 spiro atoms. The van der Waals surface area contributed by atoms with Crippen LogP contribution in [0.2, 0.25) is 0 Å². The Labute approximate surface area is 166 Å². The second-order valence-electron chi connectivity index (χ2n) is 8.72. The molecule has 1 atom stereocenters. The minimum absolute atomic E-state index is 0.182. The van der Waals surface area contributed by atoms with Gasteiger partial charge in [-0.15, -0.1) is 0 Å². The molecule has 0 unspecified atom stereocenters. The van der Waals surface area contributed by atoms with E-state index in [4.69, 9.17) is 0 Å². The first-order valence-corrected chi connectivity index (χ1v) is 9.85. The molecule has 0 saturated heterocycles. The van der Waals surface area contributed by atoms with Crippen LogP contribution in [0.3, 0.4) is 0 Å². The molecule has 0 aliphatic carbocycles. The maximum Gasteiger partial charge on any atom is 0.139 e. The van der Waals surface area contributed by atoms with Gasteiger partial charge in [-0.25, -0.2) is 0 Å². The molecule has 28 heavy (non-hydrogen) atoms. The SMILES string of the molecule is Cn1nccc1[C@H](O)c1cc2n(n1)CCN(Cc1ccc(C(C)(C)C)cc1)C2. The van der Waals surface area contributed by atoms with E-state index >= 15 is 0 Å². The fourth-order valence-electron chi connectivity index (χ4n) is 3.78. The molecular formula is C22H29N5O. The molecule has 148 valence electrons.